The maximum absolute atomic E-state index is 12.9. The van der Waals surface area contributed by atoms with Gasteiger partial charge in [0.1, 0.15) is 6.33 Å². The number of hydrogen-bond donors (Lipinski definition) is 1. The lowest BCUT2D eigenvalue weighted by Crippen LogP contribution is -2.22. The first-order valence-electron chi connectivity index (χ1n) is 6.54. The average Bonchev–Trinajstić information content (AvgIpc) is 2.92. The molecule has 1 N–H and O–H groups in total. The number of aryl methyl sites for hydroxylation is 1. The fraction of sp³-hybridized carbons (Fsp3) is 0.214. The van der Waals surface area contributed by atoms with Crippen molar-refractivity contribution >= 4 is 17.4 Å². The number of fused-ring (bicyclic) bond motifs is 1. The van der Waals surface area contributed by atoms with Gasteiger partial charge in [-0.15, -0.1) is 0 Å². The number of halogens is 4. The number of nitrogens with zero attached hydrogens (tertiary/aromatic N) is 3. The summed E-state index contributed by atoms with van der Waals surface area (Å²) in [5, 5.41) is 2.24. The predicted molar refractivity (Wildman–Crippen MR) is 77.6 cm³/mol. The van der Waals surface area contributed by atoms with Crippen LogP contribution in [0.3, 0.4) is 0 Å². The second kappa shape index (κ2) is 5.38. The molecule has 0 spiro atoms. The van der Waals surface area contributed by atoms with E-state index >= 15 is 0 Å². The van der Waals surface area contributed by atoms with Crippen LogP contribution in [0.4, 0.5) is 13.2 Å². The van der Waals surface area contributed by atoms with Gasteiger partial charge in [-0.2, -0.15) is 17.7 Å². The Morgan fingerprint density at radius 1 is 1.35 bits per heavy atom. The van der Waals surface area contributed by atoms with Crippen LogP contribution in [-0.2, 0) is 12.6 Å². The van der Waals surface area contributed by atoms with E-state index in [-0.39, 0.29) is 17.2 Å². The van der Waals surface area contributed by atoms with Gasteiger partial charge in [-0.25, -0.2) is 9.97 Å². The Hall–Kier alpha value is -2.35. The molecule has 23 heavy (non-hydrogen) atoms. The predicted octanol–water partition coefficient (Wildman–Crippen LogP) is 2.99. The SMILES string of the molecule is Cc1nc2nc[nH]n2c(=O)c1Cc1ccc(Cl)c(C(F)(F)F)c1. The van der Waals surface area contributed by atoms with E-state index in [1.165, 1.54) is 18.5 Å². The van der Waals surface area contributed by atoms with Crippen LogP contribution in [0.1, 0.15) is 22.4 Å². The number of alkyl halides is 3. The lowest BCUT2D eigenvalue weighted by Gasteiger charge is -2.11. The van der Waals surface area contributed by atoms with Gasteiger partial charge >= 0.3 is 6.18 Å². The molecular weight excluding hydrogens is 333 g/mol. The van der Waals surface area contributed by atoms with Gasteiger partial charge in [0.05, 0.1) is 16.3 Å². The van der Waals surface area contributed by atoms with Crippen molar-refractivity contribution in [1.82, 2.24) is 19.6 Å². The third kappa shape index (κ3) is 2.81. The summed E-state index contributed by atoms with van der Waals surface area (Å²) in [6.07, 6.45) is -3.22. The third-order valence-electron chi connectivity index (χ3n) is 3.45. The van der Waals surface area contributed by atoms with E-state index in [1.54, 1.807) is 6.92 Å². The van der Waals surface area contributed by atoms with Crippen LogP contribution in [0.25, 0.3) is 5.78 Å². The highest BCUT2D eigenvalue weighted by atomic mass is 35.5. The molecule has 3 rings (SSSR count). The molecular formula is C14H10ClF3N4O. The first kappa shape index (κ1) is 15.5. The second-order valence-electron chi connectivity index (χ2n) is 4.99. The van der Waals surface area contributed by atoms with Gasteiger partial charge in [-0.1, -0.05) is 17.7 Å². The van der Waals surface area contributed by atoms with E-state index in [1.807, 2.05) is 0 Å². The maximum Gasteiger partial charge on any atom is 0.417 e. The molecule has 0 saturated carbocycles. The monoisotopic (exact) mass is 342 g/mol. The van der Waals surface area contributed by atoms with Gasteiger partial charge < -0.3 is 0 Å². The Labute approximate surface area is 132 Å². The molecule has 1 aromatic carbocycles. The molecule has 0 radical (unpaired) electrons. The number of aromatic amines is 1. The first-order valence-corrected chi connectivity index (χ1v) is 6.92. The fourth-order valence-electron chi connectivity index (χ4n) is 2.30. The summed E-state index contributed by atoms with van der Waals surface area (Å²) in [5.74, 6) is 0.211. The Morgan fingerprint density at radius 2 is 2.09 bits per heavy atom. The summed E-state index contributed by atoms with van der Waals surface area (Å²) in [6.45, 7) is 1.62. The third-order valence-corrected chi connectivity index (χ3v) is 3.78. The number of aromatic nitrogens is 4. The molecule has 0 aliphatic heterocycles. The largest absolute Gasteiger partial charge is 0.417 e. The molecule has 5 nitrogen and oxygen atoms in total. The Bertz CT molecular complexity index is 945. The molecule has 0 fully saturated rings. The number of hydrogen-bond acceptors (Lipinski definition) is 3. The van der Waals surface area contributed by atoms with Crippen LogP contribution in [0.2, 0.25) is 5.02 Å². The minimum absolute atomic E-state index is 0.0138. The molecule has 0 aliphatic carbocycles. The van der Waals surface area contributed by atoms with Crippen molar-refractivity contribution in [3.8, 4) is 0 Å². The zero-order valence-corrected chi connectivity index (χ0v) is 12.5. The van der Waals surface area contributed by atoms with E-state index < -0.39 is 17.3 Å². The highest BCUT2D eigenvalue weighted by molar-refractivity contribution is 6.31. The summed E-state index contributed by atoms with van der Waals surface area (Å²) >= 11 is 5.60. The van der Waals surface area contributed by atoms with Crippen LogP contribution >= 0.6 is 11.6 Å². The summed E-state index contributed by atoms with van der Waals surface area (Å²) in [7, 11) is 0. The second-order valence-corrected chi connectivity index (χ2v) is 5.40. The van der Waals surface area contributed by atoms with Crippen LogP contribution in [0, 0.1) is 6.92 Å². The molecule has 2 heterocycles. The molecule has 0 amide bonds. The van der Waals surface area contributed by atoms with Gasteiger partial charge in [-0.05, 0) is 24.6 Å². The van der Waals surface area contributed by atoms with E-state index in [0.29, 0.717) is 16.8 Å². The highest BCUT2D eigenvalue weighted by Gasteiger charge is 2.33. The van der Waals surface area contributed by atoms with E-state index in [4.69, 9.17) is 11.6 Å². The molecule has 0 saturated heterocycles. The summed E-state index contributed by atoms with van der Waals surface area (Å²) in [6, 6.07) is 3.58. The maximum atomic E-state index is 12.9. The molecule has 0 unspecified atom stereocenters. The molecule has 120 valence electrons. The Kier molecular flexibility index (Phi) is 3.63. The number of rotatable bonds is 2. The van der Waals surface area contributed by atoms with Gasteiger partial charge in [0.15, 0.2) is 0 Å². The number of H-pyrrole nitrogens is 1. The fourth-order valence-corrected chi connectivity index (χ4v) is 2.53. The Balaban J connectivity index is 2.08. The zero-order valence-electron chi connectivity index (χ0n) is 11.8. The van der Waals surface area contributed by atoms with Crippen molar-refractivity contribution in [2.75, 3.05) is 0 Å². The first-order chi connectivity index (χ1) is 10.8. The smallest absolute Gasteiger partial charge is 0.278 e. The van der Waals surface area contributed by atoms with Crippen LogP contribution in [0.5, 0.6) is 0 Å². The summed E-state index contributed by atoms with van der Waals surface area (Å²) in [4.78, 5) is 20.4. The van der Waals surface area contributed by atoms with Gasteiger partial charge in [0, 0.05) is 12.0 Å². The lowest BCUT2D eigenvalue weighted by molar-refractivity contribution is -0.137. The molecule has 9 heteroatoms. The van der Waals surface area contributed by atoms with Gasteiger partial charge in [0.25, 0.3) is 11.3 Å². The van der Waals surface area contributed by atoms with Crippen molar-refractivity contribution in [3.63, 3.8) is 0 Å². The molecule has 0 aliphatic rings. The standard InChI is InChI=1S/C14H10ClF3N4O/c1-7-9(12(23)22-13(21-7)19-6-20-22)4-8-2-3-11(15)10(5-8)14(16,17)18/h2-3,5-6H,4H2,1H3,(H,19,20,21). The number of benzene rings is 1. The lowest BCUT2D eigenvalue weighted by atomic mass is 10.0. The van der Waals surface area contributed by atoms with Gasteiger partial charge in [-0.3, -0.25) is 9.89 Å². The Morgan fingerprint density at radius 3 is 2.78 bits per heavy atom. The van der Waals surface area contributed by atoms with Crippen molar-refractivity contribution in [2.45, 2.75) is 19.5 Å². The topological polar surface area (TPSA) is 63.1 Å². The molecule has 2 aromatic heterocycles. The van der Waals surface area contributed by atoms with Gasteiger partial charge in [0.2, 0.25) is 0 Å². The highest BCUT2D eigenvalue weighted by Crippen LogP contribution is 2.35. The minimum Gasteiger partial charge on any atom is -0.278 e. The summed E-state index contributed by atoms with van der Waals surface area (Å²) < 4.78 is 39.9. The molecule has 0 bridgehead atoms. The van der Waals surface area contributed by atoms with Crippen molar-refractivity contribution in [2.24, 2.45) is 0 Å². The summed E-state index contributed by atoms with van der Waals surface area (Å²) in [5.41, 5.74) is -0.283. The van der Waals surface area contributed by atoms with E-state index in [2.05, 4.69) is 15.1 Å². The average molecular weight is 343 g/mol. The van der Waals surface area contributed by atoms with E-state index in [9.17, 15) is 18.0 Å². The van der Waals surface area contributed by atoms with Crippen LogP contribution < -0.4 is 5.56 Å². The van der Waals surface area contributed by atoms with Crippen LogP contribution in [-0.4, -0.2) is 19.6 Å². The van der Waals surface area contributed by atoms with Crippen LogP contribution in [0.15, 0.2) is 29.3 Å². The molecule has 3 aromatic rings. The quantitative estimate of drug-likeness (QED) is 0.778. The minimum atomic E-state index is -4.55. The number of nitrogens with one attached hydrogen (secondary N) is 1. The van der Waals surface area contributed by atoms with Crippen molar-refractivity contribution in [3.05, 3.63) is 62.3 Å². The van der Waals surface area contributed by atoms with Crippen molar-refractivity contribution < 1.29 is 13.2 Å². The van der Waals surface area contributed by atoms with E-state index in [0.717, 1.165) is 10.6 Å². The van der Waals surface area contributed by atoms with Crippen molar-refractivity contribution in [1.29, 1.82) is 0 Å². The molecule has 0 atom stereocenters. The normalized spacial score (nSPS) is 12.0. The zero-order chi connectivity index (χ0) is 16.8.